The molecule has 20 heavy (non-hydrogen) atoms. The van der Waals surface area contributed by atoms with Gasteiger partial charge in [-0.3, -0.25) is 4.79 Å². The number of carbonyl (C=O) groups excluding carboxylic acids is 1. The Morgan fingerprint density at radius 3 is 2.65 bits per heavy atom. The molecule has 0 amide bonds. The summed E-state index contributed by atoms with van der Waals surface area (Å²) < 4.78 is 5.45. The van der Waals surface area contributed by atoms with Crippen molar-refractivity contribution < 1.29 is 9.53 Å². The third kappa shape index (κ3) is 2.52. The van der Waals surface area contributed by atoms with Crippen LogP contribution in [0.2, 0.25) is 0 Å². The predicted octanol–water partition coefficient (Wildman–Crippen LogP) is 4.11. The lowest BCUT2D eigenvalue weighted by Gasteiger charge is -2.42. The largest absolute Gasteiger partial charge is 0.465 e. The van der Waals surface area contributed by atoms with Crippen molar-refractivity contribution in [3.63, 3.8) is 0 Å². The predicted molar refractivity (Wildman–Crippen MR) is 81.5 cm³/mol. The second-order valence-electron chi connectivity index (χ2n) is 5.79. The van der Waals surface area contributed by atoms with E-state index in [0.29, 0.717) is 12.5 Å². The lowest BCUT2D eigenvalue weighted by atomic mass is 9.61. The van der Waals surface area contributed by atoms with Crippen LogP contribution in [0.15, 0.2) is 42.5 Å². The zero-order chi connectivity index (χ0) is 14.6. The van der Waals surface area contributed by atoms with Gasteiger partial charge < -0.3 is 4.74 Å². The summed E-state index contributed by atoms with van der Waals surface area (Å²) in [4.78, 5) is 12.8. The molecule has 1 aliphatic carbocycles. The lowest BCUT2D eigenvalue weighted by molar-refractivity contribution is -0.153. The van der Waals surface area contributed by atoms with Gasteiger partial charge in [0.2, 0.25) is 0 Å². The zero-order valence-electron chi connectivity index (χ0n) is 12.6. The topological polar surface area (TPSA) is 26.3 Å². The first-order chi connectivity index (χ1) is 9.63. The van der Waals surface area contributed by atoms with Gasteiger partial charge in [-0.05, 0) is 37.2 Å². The SMILES string of the molecule is CCOC(=O)[C@@]1(c2ccccc2)CCC=C[C@@H]1C(C)C. The molecular weight excluding hydrogens is 248 g/mol. The van der Waals surface area contributed by atoms with Crippen LogP contribution in [0.25, 0.3) is 0 Å². The lowest BCUT2D eigenvalue weighted by Crippen LogP contribution is -2.47. The molecule has 0 unspecified atom stereocenters. The van der Waals surface area contributed by atoms with Crippen molar-refractivity contribution in [2.75, 3.05) is 6.61 Å². The number of benzene rings is 1. The highest BCUT2D eigenvalue weighted by molar-refractivity contribution is 5.84. The average Bonchev–Trinajstić information content (AvgIpc) is 2.48. The molecular formula is C18H24O2. The van der Waals surface area contributed by atoms with Gasteiger partial charge >= 0.3 is 5.97 Å². The Morgan fingerprint density at radius 1 is 1.35 bits per heavy atom. The summed E-state index contributed by atoms with van der Waals surface area (Å²) >= 11 is 0. The number of carbonyl (C=O) groups is 1. The van der Waals surface area contributed by atoms with Crippen molar-refractivity contribution in [3.8, 4) is 0 Å². The number of ether oxygens (including phenoxy) is 1. The molecule has 0 N–H and O–H groups in total. The van der Waals surface area contributed by atoms with Gasteiger partial charge in [-0.2, -0.15) is 0 Å². The minimum Gasteiger partial charge on any atom is -0.465 e. The van der Waals surface area contributed by atoms with Crippen LogP contribution in [0.3, 0.4) is 0 Å². The van der Waals surface area contributed by atoms with Crippen LogP contribution in [0.4, 0.5) is 0 Å². The number of esters is 1. The van der Waals surface area contributed by atoms with Crippen molar-refractivity contribution in [3.05, 3.63) is 48.0 Å². The van der Waals surface area contributed by atoms with Crippen molar-refractivity contribution in [2.24, 2.45) is 11.8 Å². The number of rotatable bonds is 4. The van der Waals surface area contributed by atoms with E-state index in [1.165, 1.54) is 0 Å². The van der Waals surface area contributed by atoms with E-state index in [2.05, 4.69) is 38.1 Å². The maximum atomic E-state index is 12.8. The van der Waals surface area contributed by atoms with Gasteiger partial charge in [0.25, 0.3) is 0 Å². The fourth-order valence-corrected chi connectivity index (χ4v) is 3.36. The van der Waals surface area contributed by atoms with Crippen molar-refractivity contribution >= 4 is 5.97 Å². The van der Waals surface area contributed by atoms with E-state index >= 15 is 0 Å². The second kappa shape index (κ2) is 6.25. The van der Waals surface area contributed by atoms with Crippen molar-refractivity contribution in [1.29, 1.82) is 0 Å². The van der Waals surface area contributed by atoms with E-state index in [1.807, 2.05) is 25.1 Å². The average molecular weight is 272 g/mol. The summed E-state index contributed by atoms with van der Waals surface area (Å²) in [7, 11) is 0. The molecule has 0 fully saturated rings. The maximum absolute atomic E-state index is 12.8. The fourth-order valence-electron chi connectivity index (χ4n) is 3.36. The quantitative estimate of drug-likeness (QED) is 0.609. The molecule has 2 heteroatoms. The summed E-state index contributed by atoms with van der Waals surface area (Å²) in [5, 5.41) is 0. The minimum absolute atomic E-state index is 0.0748. The normalized spacial score (nSPS) is 25.7. The highest BCUT2D eigenvalue weighted by Gasteiger charge is 2.49. The van der Waals surface area contributed by atoms with Gasteiger partial charge in [0, 0.05) is 0 Å². The third-order valence-electron chi connectivity index (χ3n) is 4.26. The Hall–Kier alpha value is -1.57. The van der Waals surface area contributed by atoms with Gasteiger partial charge in [0.05, 0.1) is 12.0 Å². The van der Waals surface area contributed by atoms with Gasteiger partial charge in [-0.1, -0.05) is 56.3 Å². The number of hydrogen-bond donors (Lipinski definition) is 0. The molecule has 1 aromatic rings. The molecule has 108 valence electrons. The molecule has 0 spiro atoms. The summed E-state index contributed by atoms with van der Waals surface area (Å²) in [6.45, 7) is 6.66. The Kier molecular flexibility index (Phi) is 4.64. The maximum Gasteiger partial charge on any atom is 0.317 e. The van der Waals surface area contributed by atoms with Crippen LogP contribution in [-0.2, 0) is 14.9 Å². The van der Waals surface area contributed by atoms with Crippen LogP contribution < -0.4 is 0 Å². The molecule has 2 nitrogen and oxygen atoms in total. The fraction of sp³-hybridized carbons (Fsp3) is 0.500. The van der Waals surface area contributed by atoms with Crippen LogP contribution in [-0.4, -0.2) is 12.6 Å². The Balaban J connectivity index is 2.54. The van der Waals surface area contributed by atoms with Crippen LogP contribution in [0, 0.1) is 11.8 Å². The van der Waals surface area contributed by atoms with Crippen LogP contribution in [0.1, 0.15) is 39.2 Å². The molecule has 0 bridgehead atoms. The van der Waals surface area contributed by atoms with E-state index in [0.717, 1.165) is 18.4 Å². The zero-order valence-corrected chi connectivity index (χ0v) is 12.6. The van der Waals surface area contributed by atoms with E-state index in [1.54, 1.807) is 0 Å². The third-order valence-corrected chi connectivity index (χ3v) is 4.26. The standard InChI is InChI=1S/C18H24O2/c1-4-20-17(19)18(15-10-6-5-7-11-15)13-9-8-12-16(18)14(2)3/h5-8,10-12,14,16H,4,9,13H2,1-3H3/t16-,18-/m1/s1. The van der Waals surface area contributed by atoms with Crippen LogP contribution in [0.5, 0.6) is 0 Å². The monoisotopic (exact) mass is 272 g/mol. The molecule has 1 aromatic carbocycles. The first kappa shape index (κ1) is 14.8. The highest BCUT2D eigenvalue weighted by Crippen LogP contribution is 2.45. The molecule has 0 radical (unpaired) electrons. The number of allylic oxidation sites excluding steroid dienone is 2. The Morgan fingerprint density at radius 2 is 2.05 bits per heavy atom. The first-order valence-corrected chi connectivity index (χ1v) is 7.52. The van der Waals surface area contributed by atoms with Gasteiger partial charge in [0.15, 0.2) is 0 Å². The van der Waals surface area contributed by atoms with Gasteiger partial charge in [0.1, 0.15) is 0 Å². The van der Waals surface area contributed by atoms with Crippen molar-refractivity contribution in [2.45, 2.75) is 39.0 Å². The Bertz CT molecular complexity index is 475. The van der Waals surface area contributed by atoms with E-state index in [4.69, 9.17) is 4.74 Å². The molecule has 0 aromatic heterocycles. The van der Waals surface area contributed by atoms with Gasteiger partial charge in [-0.15, -0.1) is 0 Å². The molecule has 0 saturated heterocycles. The molecule has 0 heterocycles. The second-order valence-corrected chi connectivity index (χ2v) is 5.79. The first-order valence-electron chi connectivity index (χ1n) is 7.52. The van der Waals surface area contributed by atoms with E-state index < -0.39 is 5.41 Å². The molecule has 0 saturated carbocycles. The summed E-state index contributed by atoms with van der Waals surface area (Å²) in [6, 6.07) is 10.1. The molecule has 2 rings (SSSR count). The van der Waals surface area contributed by atoms with E-state index in [9.17, 15) is 4.79 Å². The summed E-state index contributed by atoms with van der Waals surface area (Å²) in [6.07, 6.45) is 6.16. The van der Waals surface area contributed by atoms with E-state index in [-0.39, 0.29) is 11.9 Å². The Labute approximate surface area is 121 Å². The molecule has 2 atom stereocenters. The summed E-state index contributed by atoms with van der Waals surface area (Å²) in [5.41, 5.74) is 0.557. The summed E-state index contributed by atoms with van der Waals surface area (Å²) in [5.74, 6) is 0.517. The molecule has 1 aliphatic rings. The highest BCUT2D eigenvalue weighted by atomic mass is 16.5. The smallest absolute Gasteiger partial charge is 0.317 e. The van der Waals surface area contributed by atoms with Crippen molar-refractivity contribution in [1.82, 2.24) is 0 Å². The van der Waals surface area contributed by atoms with Crippen LogP contribution >= 0.6 is 0 Å². The number of hydrogen-bond acceptors (Lipinski definition) is 2. The molecule has 0 aliphatic heterocycles. The van der Waals surface area contributed by atoms with Gasteiger partial charge in [-0.25, -0.2) is 0 Å². The minimum atomic E-state index is -0.528.